The summed E-state index contributed by atoms with van der Waals surface area (Å²) < 4.78 is 14.8. The highest BCUT2D eigenvalue weighted by Gasteiger charge is 2.30. The fourth-order valence-corrected chi connectivity index (χ4v) is 2.39. The predicted octanol–water partition coefficient (Wildman–Crippen LogP) is 3.93. The summed E-state index contributed by atoms with van der Waals surface area (Å²) >= 11 is 0. The topological polar surface area (TPSA) is 46.9 Å². The molecule has 0 fully saturated rings. The summed E-state index contributed by atoms with van der Waals surface area (Å²) in [6, 6.07) is 15.6. The van der Waals surface area contributed by atoms with Crippen molar-refractivity contribution in [2.75, 3.05) is 5.32 Å². The van der Waals surface area contributed by atoms with Crippen LogP contribution in [0.25, 0.3) is 5.69 Å². The first-order chi connectivity index (χ1) is 11.5. The average Bonchev–Trinajstić information content (AvgIpc) is 3.04. The van der Waals surface area contributed by atoms with E-state index in [1.54, 1.807) is 43.1 Å². The van der Waals surface area contributed by atoms with Gasteiger partial charge in [-0.15, -0.1) is 0 Å². The first kappa shape index (κ1) is 15.9. The largest absolute Gasteiger partial charge is 0.323 e. The Kier molecular flexibility index (Phi) is 4.16. The van der Waals surface area contributed by atoms with Crippen molar-refractivity contribution in [2.24, 2.45) is 0 Å². The quantitative estimate of drug-likeness (QED) is 0.791. The van der Waals surface area contributed by atoms with E-state index in [1.807, 2.05) is 30.3 Å². The Labute approximate surface area is 139 Å². The number of para-hydroxylation sites is 1. The molecule has 0 bridgehead atoms. The third-order valence-corrected chi connectivity index (χ3v) is 3.99. The molecule has 0 aliphatic carbocycles. The molecule has 0 aliphatic heterocycles. The number of hydrogen-bond donors (Lipinski definition) is 1. The maximum atomic E-state index is 13.1. The normalized spacial score (nSPS) is 11.3. The average molecular weight is 323 g/mol. The van der Waals surface area contributed by atoms with Crippen LogP contribution in [0, 0.1) is 5.82 Å². The van der Waals surface area contributed by atoms with Crippen molar-refractivity contribution in [1.29, 1.82) is 0 Å². The predicted molar refractivity (Wildman–Crippen MR) is 91.6 cm³/mol. The summed E-state index contributed by atoms with van der Waals surface area (Å²) in [6.45, 7) is 3.61. The molecule has 3 aromatic rings. The third kappa shape index (κ3) is 3.20. The number of carbonyl (C=O) groups is 1. The molecular formula is C19H18FN3O. The van der Waals surface area contributed by atoms with Crippen LogP contribution in [-0.2, 0) is 10.2 Å². The number of anilines is 1. The second kappa shape index (κ2) is 6.28. The molecule has 0 aliphatic rings. The highest BCUT2D eigenvalue weighted by atomic mass is 19.1. The lowest BCUT2D eigenvalue weighted by Gasteiger charge is -2.23. The van der Waals surface area contributed by atoms with Gasteiger partial charge in [0.15, 0.2) is 0 Å². The maximum Gasteiger partial charge on any atom is 0.234 e. The highest BCUT2D eigenvalue weighted by molar-refractivity contribution is 5.98. The molecule has 5 heteroatoms. The van der Waals surface area contributed by atoms with Gasteiger partial charge < -0.3 is 5.32 Å². The van der Waals surface area contributed by atoms with Crippen LogP contribution in [0.4, 0.5) is 10.1 Å². The lowest BCUT2D eigenvalue weighted by atomic mass is 9.83. The van der Waals surface area contributed by atoms with Crippen LogP contribution in [0.15, 0.2) is 67.0 Å². The summed E-state index contributed by atoms with van der Waals surface area (Å²) in [5, 5.41) is 7.13. The first-order valence-corrected chi connectivity index (χ1v) is 7.64. The molecule has 4 nitrogen and oxygen atoms in total. The van der Waals surface area contributed by atoms with Gasteiger partial charge in [-0.25, -0.2) is 9.07 Å². The van der Waals surface area contributed by atoms with Gasteiger partial charge in [0.2, 0.25) is 5.91 Å². The number of amides is 1. The molecular weight excluding hydrogens is 305 g/mol. The van der Waals surface area contributed by atoms with Crippen molar-refractivity contribution in [3.63, 3.8) is 0 Å². The summed E-state index contributed by atoms with van der Waals surface area (Å²) in [5.74, 6) is -0.499. The number of rotatable bonds is 4. The van der Waals surface area contributed by atoms with Gasteiger partial charge in [-0.3, -0.25) is 4.79 Å². The molecule has 1 N–H and O–H groups in total. The van der Waals surface area contributed by atoms with Gasteiger partial charge in [-0.2, -0.15) is 5.10 Å². The molecule has 0 spiro atoms. The van der Waals surface area contributed by atoms with E-state index in [1.165, 1.54) is 12.1 Å². The molecule has 1 amide bonds. The molecule has 0 radical (unpaired) electrons. The van der Waals surface area contributed by atoms with Crippen LogP contribution in [0.3, 0.4) is 0 Å². The Bertz CT molecular complexity index is 839. The van der Waals surface area contributed by atoms with Crippen LogP contribution < -0.4 is 5.32 Å². The van der Waals surface area contributed by atoms with Crippen molar-refractivity contribution in [1.82, 2.24) is 9.78 Å². The SMILES string of the molecule is CC(C)(C(=O)Nc1cnn(-c2ccccc2)c1)c1ccc(F)cc1. The number of aromatic nitrogens is 2. The van der Waals surface area contributed by atoms with Gasteiger partial charge in [0.25, 0.3) is 0 Å². The molecule has 1 aromatic heterocycles. The minimum atomic E-state index is -0.789. The number of nitrogens with zero attached hydrogens (tertiary/aromatic N) is 2. The van der Waals surface area contributed by atoms with Crippen molar-refractivity contribution in [3.05, 3.63) is 78.4 Å². The third-order valence-electron chi connectivity index (χ3n) is 3.99. The van der Waals surface area contributed by atoms with Gasteiger partial charge >= 0.3 is 0 Å². The summed E-state index contributed by atoms with van der Waals surface area (Å²) in [7, 11) is 0. The van der Waals surface area contributed by atoms with Gasteiger partial charge in [0.1, 0.15) is 5.82 Å². The van der Waals surface area contributed by atoms with Crippen LogP contribution in [0.5, 0.6) is 0 Å². The van der Waals surface area contributed by atoms with Gasteiger partial charge in [-0.05, 0) is 43.7 Å². The van der Waals surface area contributed by atoms with Crippen LogP contribution >= 0.6 is 0 Å². The van der Waals surface area contributed by atoms with Crippen molar-refractivity contribution < 1.29 is 9.18 Å². The number of hydrogen-bond acceptors (Lipinski definition) is 2. The van der Waals surface area contributed by atoms with Crippen LogP contribution in [0.2, 0.25) is 0 Å². The van der Waals surface area contributed by atoms with Crippen molar-refractivity contribution >= 4 is 11.6 Å². The van der Waals surface area contributed by atoms with Gasteiger partial charge in [-0.1, -0.05) is 30.3 Å². The Hall–Kier alpha value is -2.95. The molecule has 122 valence electrons. The molecule has 2 aromatic carbocycles. The Morgan fingerprint density at radius 2 is 1.75 bits per heavy atom. The van der Waals surface area contributed by atoms with Crippen molar-refractivity contribution in [2.45, 2.75) is 19.3 Å². The number of halogens is 1. The molecule has 3 rings (SSSR count). The van der Waals surface area contributed by atoms with E-state index >= 15 is 0 Å². The molecule has 0 unspecified atom stereocenters. The summed E-state index contributed by atoms with van der Waals surface area (Å²) in [6.07, 6.45) is 3.36. The fraction of sp³-hybridized carbons (Fsp3) is 0.158. The highest BCUT2D eigenvalue weighted by Crippen LogP contribution is 2.25. The smallest absolute Gasteiger partial charge is 0.234 e. The van der Waals surface area contributed by atoms with E-state index in [0.717, 1.165) is 11.3 Å². The van der Waals surface area contributed by atoms with E-state index in [4.69, 9.17) is 0 Å². The monoisotopic (exact) mass is 323 g/mol. The summed E-state index contributed by atoms with van der Waals surface area (Å²) in [5.41, 5.74) is 1.48. The van der Waals surface area contributed by atoms with Crippen LogP contribution in [-0.4, -0.2) is 15.7 Å². The zero-order valence-electron chi connectivity index (χ0n) is 13.5. The number of carbonyl (C=O) groups excluding carboxylic acids is 1. The minimum absolute atomic E-state index is 0.179. The first-order valence-electron chi connectivity index (χ1n) is 7.64. The summed E-state index contributed by atoms with van der Waals surface area (Å²) in [4.78, 5) is 12.6. The van der Waals surface area contributed by atoms with E-state index < -0.39 is 5.41 Å². The number of nitrogens with one attached hydrogen (secondary N) is 1. The lowest BCUT2D eigenvalue weighted by Crippen LogP contribution is -2.34. The Balaban J connectivity index is 1.77. The minimum Gasteiger partial charge on any atom is -0.323 e. The zero-order chi connectivity index (χ0) is 17.2. The van der Waals surface area contributed by atoms with Crippen LogP contribution in [0.1, 0.15) is 19.4 Å². The Morgan fingerprint density at radius 3 is 2.42 bits per heavy atom. The van der Waals surface area contributed by atoms with E-state index in [0.29, 0.717) is 5.69 Å². The second-order valence-corrected chi connectivity index (χ2v) is 6.10. The zero-order valence-corrected chi connectivity index (χ0v) is 13.5. The molecule has 0 saturated heterocycles. The molecule has 24 heavy (non-hydrogen) atoms. The fourth-order valence-electron chi connectivity index (χ4n) is 2.39. The lowest BCUT2D eigenvalue weighted by molar-refractivity contribution is -0.120. The Morgan fingerprint density at radius 1 is 1.08 bits per heavy atom. The molecule has 0 atom stereocenters. The standard InChI is InChI=1S/C19H18FN3O/c1-19(2,14-8-10-15(20)11-9-14)18(24)22-16-12-21-23(13-16)17-6-4-3-5-7-17/h3-13H,1-2H3,(H,22,24). The molecule has 1 heterocycles. The van der Waals surface area contributed by atoms with E-state index in [-0.39, 0.29) is 11.7 Å². The second-order valence-electron chi connectivity index (χ2n) is 6.10. The van der Waals surface area contributed by atoms with E-state index in [2.05, 4.69) is 10.4 Å². The van der Waals surface area contributed by atoms with Gasteiger partial charge in [0, 0.05) is 0 Å². The van der Waals surface area contributed by atoms with E-state index in [9.17, 15) is 9.18 Å². The maximum absolute atomic E-state index is 13.1. The number of benzene rings is 2. The van der Waals surface area contributed by atoms with Crippen molar-refractivity contribution in [3.8, 4) is 5.69 Å². The van der Waals surface area contributed by atoms with Gasteiger partial charge in [0.05, 0.1) is 29.2 Å². The molecule has 0 saturated carbocycles.